The van der Waals surface area contributed by atoms with Crippen molar-refractivity contribution < 1.29 is 14.1 Å². The van der Waals surface area contributed by atoms with Crippen molar-refractivity contribution in [3.63, 3.8) is 0 Å². The van der Waals surface area contributed by atoms with Gasteiger partial charge in [0.25, 0.3) is 11.6 Å². The van der Waals surface area contributed by atoms with Crippen molar-refractivity contribution in [3.8, 4) is 22.7 Å². The summed E-state index contributed by atoms with van der Waals surface area (Å²) in [4.78, 5) is 28.2. The van der Waals surface area contributed by atoms with Gasteiger partial charge in [-0.1, -0.05) is 47.0 Å². The molecule has 3 aromatic carbocycles. The maximum Gasteiger partial charge on any atom is 0.322 e. The van der Waals surface area contributed by atoms with E-state index in [4.69, 9.17) is 16.0 Å². The lowest BCUT2D eigenvalue weighted by Crippen LogP contribution is -2.13. The predicted molar refractivity (Wildman–Crippen MR) is 127 cm³/mol. The SMILES string of the molecule is O=C(Nc1nnc(-c2ccc([N+](=O)[O-])cc2)o1)c1cc(-c2ccccc2)nc2ccc(Cl)cc12. The molecule has 0 unspecified atom stereocenters. The van der Waals surface area contributed by atoms with Crippen LogP contribution in [-0.4, -0.2) is 26.0 Å². The van der Waals surface area contributed by atoms with E-state index < -0.39 is 10.8 Å². The van der Waals surface area contributed by atoms with Crippen LogP contribution in [0.2, 0.25) is 5.02 Å². The van der Waals surface area contributed by atoms with Gasteiger partial charge in [-0.15, -0.1) is 5.10 Å². The van der Waals surface area contributed by atoms with Crippen molar-refractivity contribution in [2.24, 2.45) is 0 Å². The van der Waals surface area contributed by atoms with Crippen LogP contribution in [0, 0.1) is 10.1 Å². The fourth-order valence-electron chi connectivity index (χ4n) is 3.42. The first-order valence-corrected chi connectivity index (χ1v) is 10.4. The molecule has 0 atom stereocenters. The van der Waals surface area contributed by atoms with Gasteiger partial charge in [-0.05, 0) is 36.4 Å². The zero-order valence-corrected chi connectivity index (χ0v) is 18.1. The van der Waals surface area contributed by atoms with E-state index in [0.717, 1.165) is 5.56 Å². The highest BCUT2D eigenvalue weighted by molar-refractivity contribution is 6.31. The molecule has 0 saturated carbocycles. The van der Waals surface area contributed by atoms with Crippen LogP contribution in [0.5, 0.6) is 0 Å². The Kier molecular flexibility index (Phi) is 5.44. The van der Waals surface area contributed by atoms with E-state index in [1.807, 2.05) is 30.3 Å². The van der Waals surface area contributed by atoms with Gasteiger partial charge in [0.15, 0.2) is 0 Å². The van der Waals surface area contributed by atoms with Gasteiger partial charge in [0.2, 0.25) is 5.89 Å². The summed E-state index contributed by atoms with van der Waals surface area (Å²) in [5.74, 6) is -0.372. The molecule has 5 rings (SSSR count). The largest absolute Gasteiger partial charge is 0.403 e. The van der Waals surface area contributed by atoms with E-state index >= 15 is 0 Å². The molecule has 0 aliphatic carbocycles. The molecule has 0 fully saturated rings. The molecule has 0 bridgehead atoms. The number of amides is 1. The Morgan fingerprint density at radius 3 is 2.44 bits per heavy atom. The molecule has 10 heteroatoms. The number of hydrogen-bond donors (Lipinski definition) is 1. The number of pyridine rings is 1. The van der Waals surface area contributed by atoms with Crippen LogP contribution >= 0.6 is 11.6 Å². The maximum absolute atomic E-state index is 13.2. The van der Waals surface area contributed by atoms with Crippen LogP contribution in [0.1, 0.15) is 10.4 Å². The van der Waals surface area contributed by atoms with E-state index in [0.29, 0.717) is 32.7 Å². The van der Waals surface area contributed by atoms with E-state index in [1.165, 1.54) is 24.3 Å². The smallest absolute Gasteiger partial charge is 0.322 e. The molecule has 0 spiro atoms. The first-order chi connectivity index (χ1) is 16.5. The molecular weight excluding hydrogens is 458 g/mol. The average Bonchev–Trinajstić information content (AvgIpc) is 3.32. The van der Waals surface area contributed by atoms with E-state index in [2.05, 4.69) is 20.5 Å². The number of rotatable bonds is 5. The standard InChI is InChI=1S/C24H14ClN5O4/c25-16-8-11-20-18(12-16)19(13-21(26-20)14-4-2-1-3-5-14)22(31)27-24-29-28-23(34-24)15-6-9-17(10-7-15)30(32)33/h1-13H,(H,27,29,31). The number of benzene rings is 3. The summed E-state index contributed by atoms with van der Waals surface area (Å²) < 4.78 is 5.55. The number of halogens is 1. The van der Waals surface area contributed by atoms with Gasteiger partial charge >= 0.3 is 6.01 Å². The molecular formula is C24H14ClN5O4. The van der Waals surface area contributed by atoms with Gasteiger partial charge in [-0.3, -0.25) is 20.2 Å². The summed E-state index contributed by atoms with van der Waals surface area (Å²) in [7, 11) is 0. The number of nitrogens with zero attached hydrogens (tertiary/aromatic N) is 4. The average molecular weight is 472 g/mol. The Morgan fingerprint density at radius 1 is 0.941 bits per heavy atom. The van der Waals surface area contributed by atoms with Gasteiger partial charge in [0.05, 0.1) is 21.7 Å². The summed E-state index contributed by atoms with van der Waals surface area (Å²) >= 11 is 6.17. The Bertz CT molecular complexity index is 1530. The maximum atomic E-state index is 13.2. The normalized spacial score (nSPS) is 10.9. The van der Waals surface area contributed by atoms with Crippen LogP contribution in [0.15, 0.2) is 83.3 Å². The molecule has 0 aliphatic heterocycles. The van der Waals surface area contributed by atoms with Gasteiger partial charge in [0, 0.05) is 33.7 Å². The topological polar surface area (TPSA) is 124 Å². The van der Waals surface area contributed by atoms with E-state index in [1.54, 1.807) is 24.3 Å². The number of non-ortho nitro benzene ring substituents is 1. The monoisotopic (exact) mass is 471 g/mol. The minimum Gasteiger partial charge on any atom is -0.403 e. The van der Waals surface area contributed by atoms with Crippen molar-refractivity contribution in [2.75, 3.05) is 5.32 Å². The number of nitro benzene ring substituents is 1. The second-order valence-corrected chi connectivity index (χ2v) is 7.69. The van der Waals surface area contributed by atoms with Crippen molar-refractivity contribution >= 4 is 40.1 Å². The molecule has 0 aliphatic rings. The number of aromatic nitrogens is 3. The third-order valence-corrected chi connectivity index (χ3v) is 5.29. The van der Waals surface area contributed by atoms with Crippen LogP contribution < -0.4 is 5.32 Å². The molecule has 1 amide bonds. The first-order valence-electron chi connectivity index (χ1n) is 10.0. The molecule has 5 aromatic rings. The Hall–Kier alpha value is -4.63. The number of nitro groups is 1. The number of carbonyl (C=O) groups excluding carboxylic acids is 1. The second kappa shape index (κ2) is 8.72. The number of anilines is 1. The fourth-order valence-corrected chi connectivity index (χ4v) is 3.60. The molecule has 1 N–H and O–H groups in total. The Balaban J connectivity index is 1.48. The Morgan fingerprint density at radius 2 is 1.71 bits per heavy atom. The van der Waals surface area contributed by atoms with Crippen molar-refractivity contribution in [1.29, 1.82) is 0 Å². The molecule has 0 radical (unpaired) electrons. The minimum absolute atomic E-state index is 0.0609. The molecule has 2 aromatic heterocycles. The lowest BCUT2D eigenvalue weighted by atomic mass is 10.0. The lowest BCUT2D eigenvalue weighted by Gasteiger charge is -2.09. The zero-order valence-electron chi connectivity index (χ0n) is 17.3. The highest BCUT2D eigenvalue weighted by Gasteiger charge is 2.18. The number of nitrogens with one attached hydrogen (secondary N) is 1. The van der Waals surface area contributed by atoms with E-state index in [9.17, 15) is 14.9 Å². The highest BCUT2D eigenvalue weighted by Crippen LogP contribution is 2.28. The number of carbonyl (C=O) groups is 1. The molecule has 2 heterocycles. The van der Waals surface area contributed by atoms with Gasteiger partial charge in [-0.25, -0.2) is 4.98 Å². The van der Waals surface area contributed by atoms with E-state index in [-0.39, 0.29) is 17.6 Å². The van der Waals surface area contributed by atoms with Crippen LogP contribution in [0.3, 0.4) is 0 Å². The van der Waals surface area contributed by atoms with Gasteiger partial charge in [0.1, 0.15) is 0 Å². The Labute approximate surface area is 197 Å². The summed E-state index contributed by atoms with van der Waals surface area (Å²) in [5.41, 5.74) is 2.83. The quantitative estimate of drug-likeness (QED) is 0.255. The van der Waals surface area contributed by atoms with Crippen LogP contribution in [0.4, 0.5) is 11.7 Å². The van der Waals surface area contributed by atoms with Crippen molar-refractivity contribution in [2.45, 2.75) is 0 Å². The van der Waals surface area contributed by atoms with Gasteiger partial charge in [-0.2, -0.15) is 0 Å². The van der Waals surface area contributed by atoms with Gasteiger partial charge < -0.3 is 4.42 Å². The third kappa shape index (κ3) is 4.19. The summed E-state index contributed by atoms with van der Waals surface area (Å²) in [6.07, 6.45) is 0. The van der Waals surface area contributed by atoms with Crippen LogP contribution in [-0.2, 0) is 0 Å². The van der Waals surface area contributed by atoms with Crippen LogP contribution in [0.25, 0.3) is 33.6 Å². The van der Waals surface area contributed by atoms with Crippen molar-refractivity contribution in [1.82, 2.24) is 15.2 Å². The third-order valence-electron chi connectivity index (χ3n) is 5.06. The molecule has 0 saturated heterocycles. The second-order valence-electron chi connectivity index (χ2n) is 7.25. The lowest BCUT2D eigenvalue weighted by molar-refractivity contribution is -0.384. The fraction of sp³-hybridized carbons (Fsp3) is 0. The zero-order chi connectivity index (χ0) is 23.7. The molecule has 34 heavy (non-hydrogen) atoms. The summed E-state index contributed by atoms with van der Waals surface area (Å²) in [5, 5.41) is 22.3. The molecule has 166 valence electrons. The summed E-state index contributed by atoms with van der Waals surface area (Å²) in [6, 6.07) is 21.8. The minimum atomic E-state index is -0.502. The number of hydrogen-bond acceptors (Lipinski definition) is 7. The first kappa shape index (κ1) is 21.2. The number of fused-ring (bicyclic) bond motifs is 1. The summed E-state index contributed by atoms with van der Waals surface area (Å²) in [6.45, 7) is 0. The highest BCUT2D eigenvalue weighted by atomic mass is 35.5. The predicted octanol–water partition coefficient (Wildman–Crippen LogP) is 5.77. The van der Waals surface area contributed by atoms with Crippen molar-refractivity contribution in [3.05, 3.63) is 99.6 Å². The molecule has 9 nitrogen and oxygen atoms in total.